The molecule has 6 aliphatic rings. The number of carbonyl (C=O) groups excluding carboxylic acids is 2. The zero-order valence-electron chi connectivity index (χ0n) is 38.1. The number of aliphatic hydroxyl groups excluding tert-OH is 1. The van der Waals surface area contributed by atoms with Crippen LogP contribution in [0.5, 0.6) is 0 Å². The number of esters is 1. The molecule has 0 aromatic heterocycles. The minimum absolute atomic E-state index is 0.00131. The zero-order chi connectivity index (χ0) is 43.9. The Morgan fingerprint density at radius 3 is 2.31 bits per heavy atom. The van der Waals surface area contributed by atoms with E-state index in [9.17, 15) is 9.90 Å². The van der Waals surface area contributed by atoms with Gasteiger partial charge in [0, 0.05) is 49.9 Å². The number of carbonyl (C=O) groups is 2. The summed E-state index contributed by atoms with van der Waals surface area (Å²) >= 11 is 6.61. The van der Waals surface area contributed by atoms with Gasteiger partial charge in [-0.1, -0.05) is 51.4 Å². The molecule has 0 amide bonds. The maximum atomic E-state index is 15.1. The van der Waals surface area contributed by atoms with Crippen molar-refractivity contribution in [1.82, 2.24) is 4.90 Å². The van der Waals surface area contributed by atoms with E-state index in [0.29, 0.717) is 23.9 Å². The highest BCUT2D eigenvalue weighted by atomic mass is 35.5. The third-order valence-electron chi connectivity index (χ3n) is 15.4. The van der Waals surface area contributed by atoms with Gasteiger partial charge in [-0.05, 0) is 126 Å². The fourth-order valence-electron chi connectivity index (χ4n) is 12.4. The molecular formula is C48H73ClN2O10. The summed E-state index contributed by atoms with van der Waals surface area (Å²) in [4.78, 5) is 33.8. The van der Waals surface area contributed by atoms with E-state index in [-0.39, 0.29) is 103 Å². The van der Waals surface area contributed by atoms with E-state index in [1.54, 1.807) is 21.3 Å². The molecule has 342 valence electrons. The van der Waals surface area contributed by atoms with Crippen molar-refractivity contribution in [2.75, 3.05) is 40.3 Å². The van der Waals surface area contributed by atoms with E-state index in [4.69, 9.17) is 44.8 Å². The SMILES string of the molecule is CC[C@H]1CCC[C@H](O[C@H]2CC[C@H](N(C)C)C(C)O2)[C@@H](C)C(=O)C2=C[C@H]3[C@@H]4C[C@H](O[C@H](O)[C@@H](OC)C(OC)[C@@H](OC)C(C)C)C[C@H]4[C@H]4[C@@H]([C@H]3[C@@H]2CC(=O)O1)N4c1cccc(Cl)c1. The number of benzene rings is 1. The lowest BCUT2D eigenvalue weighted by molar-refractivity contribution is -0.236. The number of anilines is 1. The fourth-order valence-corrected chi connectivity index (χ4v) is 12.6. The van der Waals surface area contributed by atoms with Crippen LogP contribution in [0.3, 0.4) is 0 Å². The van der Waals surface area contributed by atoms with Crippen LogP contribution in [0.2, 0.25) is 5.02 Å². The van der Waals surface area contributed by atoms with Gasteiger partial charge in [0.1, 0.15) is 18.3 Å². The normalized spacial score (nSPS) is 38.6. The minimum Gasteiger partial charge on any atom is -0.462 e. The van der Waals surface area contributed by atoms with Crippen molar-refractivity contribution < 1.29 is 47.9 Å². The van der Waals surface area contributed by atoms with Crippen molar-refractivity contribution in [2.45, 2.75) is 166 Å². The first-order valence-corrected chi connectivity index (χ1v) is 23.5. The third kappa shape index (κ3) is 9.64. The summed E-state index contributed by atoms with van der Waals surface area (Å²) in [7, 11) is 8.97. The third-order valence-corrected chi connectivity index (χ3v) is 15.6. The summed E-state index contributed by atoms with van der Waals surface area (Å²) in [6, 6.07) is 8.54. The summed E-state index contributed by atoms with van der Waals surface area (Å²) in [5.74, 6) is -0.429. The molecule has 7 rings (SSSR count). The number of halogens is 1. The summed E-state index contributed by atoms with van der Waals surface area (Å²) in [5, 5.41) is 12.3. The molecule has 1 aromatic rings. The lowest BCUT2D eigenvalue weighted by atomic mass is 9.66. The zero-order valence-corrected chi connectivity index (χ0v) is 38.9. The Balaban J connectivity index is 1.19. The quantitative estimate of drug-likeness (QED) is 0.117. The van der Waals surface area contributed by atoms with Gasteiger partial charge < -0.3 is 48.1 Å². The first kappa shape index (κ1) is 46.9. The number of rotatable bonds is 14. The number of Topliss-reactive ketones (excluding diaryl/α,β-unsaturated/α-hetero) is 1. The average Bonchev–Trinajstić information content (AvgIpc) is 3.63. The second-order valence-corrected chi connectivity index (χ2v) is 19.8. The molecule has 13 heteroatoms. The van der Waals surface area contributed by atoms with Crippen LogP contribution in [-0.2, 0) is 42.7 Å². The van der Waals surface area contributed by atoms with Gasteiger partial charge in [-0.2, -0.15) is 0 Å². The predicted octanol–water partition coefficient (Wildman–Crippen LogP) is 7.07. The van der Waals surface area contributed by atoms with E-state index in [1.165, 1.54) is 0 Å². The van der Waals surface area contributed by atoms with Crippen LogP contribution in [0.25, 0.3) is 0 Å². The minimum atomic E-state index is -1.26. The van der Waals surface area contributed by atoms with E-state index in [0.717, 1.165) is 49.8 Å². The van der Waals surface area contributed by atoms with Crippen LogP contribution in [0, 0.1) is 41.4 Å². The number of hydrogen-bond donors (Lipinski definition) is 1. The molecule has 5 fully saturated rings. The fraction of sp³-hybridized carbons (Fsp3) is 0.792. The van der Waals surface area contributed by atoms with Crippen LogP contribution in [0.4, 0.5) is 5.69 Å². The monoisotopic (exact) mass is 872 g/mol. The largest absolute Gasteiger partial charge is 0.462 e. The van der Waals surface area contributed by atoms with Crippen LogP contribution in [0.1, 0.15) is 92.4 Å². The number of nitrogens with zero attached hydrogens (tertiary/aromatic N) is 2. The van der Waals surface area contributed by atoms with Gasteiger partial charge in [0.05, 0.1) is 42.9 Å². The van der Waals surface area contributed by atoms with Crippen molar-refractivity contribution in [3.63, 3.8) is 0 Å². The first-order valence-electron chi connectivity index (χ1n) is 23.1. The number of methoxy groups -OCH3 is 3. The van der Waals surface area contributed by atoms with Gasteiger partial charge >= 0.3 is 5.97 Å². The maximum absolute atomic E-state index is 15.1. The molecule has 18 atom stereocenters. The molecule has 1 aromatic carbocycles. The lowest BCUT2D eigenvalue weighted by Gasteiger charge is -2.40. The number of ketones is 1. The van der Waals surface area contributed by atoms with E-state index in [2.05, 4.69) is 49.9 Å². The molecule has 0 spiro atoms. The van der Waals surface area contributed by atoms with Crippen molar-refractivity contribution >= 4 is 29.0 Å². The molecule has 3 saturated heterocycles. The highest BCUT2D eigenvalue weighted by molar-refractivity contribution is 6.30. The predicted molar refractivity (Wildman–Crippen MR) is 233 cm³/mol. The highest BCUT2D eigenvalue weighted by Gasteiger charge is 2.69. The van der Waals surface area contributed by atoms with Gasteiger partial charge in [0.2, 0.25) is 0 Å². The van der Waals surface area contributed by atoms with E-state index in [1.807, 2.05) is 39.0 Å². The summed E-state index contributed by atoms with van der Waals surface area (Å²) in [6.45, 7) is 10.3. The first-order chi connectivity index (χ1) is 29.2. The lowest BCUT2D eigenvalue weighted by Crippen LogP contribution is -2.50. The second kappa shape index (κ2) is 19.9. The standard InChI is InChI=1S/C48H73ClN2O10/c1-11-30-16-13-17-38(61-40-19-18-37(50(6)7)27(5)58-40)26(4)44(53)36-23-33-32-21-31(60-48(54)47(57-10)46(56-9)45(55-8)25(2)3)22-35(32)42-43(41(33)34(36)24-39(52)59-30)51(42)29-15-12-14-28(49)20-29/h12,14-15,20,23,25-27,30-35,37-38,40-43,45-48,54H,11,13,16-19,21-22,24H2,1-10H3/t26-,27?,30+,31+,32+,33+,34-,35-,37+,38+,40+,41-,42+,43-,45+,46?,47+,48+,51?/m1/s1. The smallest absolute Gasteiger partial charge is 0.306 e. The molecular weight excluding hydrogens is 800 g/mol. The molecule has 3 heterocycles. The Morgan fingerprint density at radius 2 is 1.67 bits per heavy atom. The Labute approximate surface area is 369 Å². The highest BCUT2D eigenvalue weighted by Crippen LogP contribution is 2.65. The number of allylic oxidation sites excluding steroid dienone is 2. The molecule has 3 aliphatic heterocycles. The van der Waals surface area contributed by atoms with E-state index >= 15 is 4.79 Å². The molecule has 61 heavy (non-hydrogen) atoms. The Morgan fingerprint density at radius 1 is 0.951 bits per heavy atom. The maximum Gasteiger partial charge on any atom is 0.306 e. The summed E-state index contributed by atoms with van der Waals surface area (Å²) in [5.41, 5.74) is 1.77. The number of likely N-dealkylation sites (N-methyl/N-ethyl adjacent to an activating group) is 1. The van der Waals surface area contributed by atoms with Crippen molar-refractivity contribution in [1.29, 1.82) is 0 Å². The molecule has 0 radical (unpaired) electrons. The van der Waals surface area contributed by atoms with Crippen LogP contribution in [-0.4, -0.2) is 131 Å². The molecule has 2 unspecified atom stereocenters. The molecule has 12 nitrogen and oxygen atoms in total. The van der Waals surface area contributed by atoms with Gasteiger partial charge in [-0.15, -0.1) is 0 Å². The van der Waals surface area contributed by atoms with Crippen LogP contribution >= 0.6 is 11.6 Å². The Hall–Kier alpha value is -2.13. The topological polar surface area (TPSA) is 125 Å². The van der Waals surface area contributed by atoms with Crippen LogP contribution < -0.4 is 4.90 Å². The van der Waals surface area contributed by atoms with E-state index < -0.39 is 24.4 Å². The van der Waals surface area contributed by atoms with Crippen molar-refractivity contribution in [3.8, 4) is 0 Å². The number of fused-ring (bicyclic) bond motifs is 8. The molecule has 1 N–H and O–H groups in total. The van der Waals surface area contributed by atoms with Crippen molar-refractivity contribution in [3.05, 3.63) is 40.9 Å². The number of hydrogen-bond acceptors (Lipinski definition) is 12. The van der Waals surface area contributed by atoms with Gasteiger partial charge in [-0.25, -0.2) is 0 Å². The van der Waals surface area contributed by atoms with Gasteiger partial charge in [-0.3, -0.25) is 9.59 Å². The number of aliphatic hydroxyl groups is 1. The number of cyclic esters (lactones) is 1. The summed E-state index contributed by atoms with van der Waals surface area (Å²) in [6.07, 6.45) is 4.32. The Bertz CT molecular complexity index is 1690. The summed E-state index contributed by atoms with van der Waals surface area (Å²) < 4.78 is 43.6. The average molecular weight is 874 g/mol. The van der Waals surface area contributed by atoms with Crippen LogP contribution in [0.15, 0.2) is 35.9 Å². The van der Waals surface area contributed by atoms with Gasteiger partial charge in [0.25, 0.3) is 0 Å². The van der Waals surface area contributed by atoms with Crippen molar-refractivity contribution in [2.24, 2.45) is 41.4 Å². The molecule has 0 bridgehead atoms. The molecule has 2 saturated carbocycles. The Kier molecular flexibility index (Phi) is 15.3. The molecule has 3 aliphatic carbocycles. The van der Waals surface area contributed by atoms with Gasteiger partial charge in [0.15, 0.2) is 18.4 Å². The number of ether oxygens (including phenoxy) is 7. The second-order valence-electron chi connectivity index (χ2n) is 19.4.